The Morgan fingerprint density at radius 2 is 1.81 bits per heavy atom. The fourth-order valence-corrected chi connectivity index (χ4v) is 2.44. The van der Waals surface area contributed by atoms with Gasteiger partial charge in [-0.1, -0.05) is 19.1 Å². The molecule has 0 saturated heterocycles. The summed E-state index contributed by atoms with van der Waals surface area (Å²) in [4.78, 5) is 16.7. The fraction of sp³-hybridized carbons (Fsp3) is 0.188. The van der Waals surface area contributed by atoms with Crippen molar-refractivity contribution < 1.29 is 4.39 Å². The fourth-order valence-electron chi connectivity index (χ4n) is 2.44. The number of anilines is 1. The number of hydrogen-bond acceptors (Lipinski definition) is 2. The van der Waals surface area contributed by atoms with Crippen molar-refractivity contribution in [2.24, 2.45) is 0 Å². The van der Waals surface area contributed by atoms with E-state index in [0.717, 1.165) is 28.7 Å². The molecule has 1 unspecified atom stereocenters. The Kier molecular flexibility index (Phi) is 3.48. The summed E-state index contributed by atoms with van der Waals surface area (Å²) in [5.74, 6) is -0.236. The SMILES string of the molecule is CCC(Nc1ccc2[nH]c(=O)[nH]c2c1)c1ccc(F)cc1. The maximum atomic E-state index is 13.0. The minimum Gasteiger partial charge on any atom is -0.378 e. The molecule has 0 spiro atoms. The quantitative estimate of drug-likeness (QED) is 0.686. The number of benzene rings is 2. The topological polar surface area (TPSA) is 60.7 Å². The zero-order valence-electron chi connectivity index (χ0n) is 11.6. The lowest BCUT2D eigenvalue weighted by molar-refractivity contribution is 0.625. The number of fused-ring (bicyclic) bond motifs is 1. The van der Waals surface area contributed by atoms with Crippen molar-refractivity contribution in [1.82, 2.24) is 9.97 Å². The van der Waals surface area contributed by atoms with Gasteiger partial charge in [0.1, 0.15) is 5.82 Å². The van der Waals surface area contributed by atoms with Crippen LogP contribution in [0, 0.1) is 5.82 Å². The third kappa shape index (κ3) is 2.81. The van der Waals surface area contributed by atoms with E-state index in [9.17, 15) is 9.18 Å². The predicted octanol–water partition coefficient (Wildman–Crippen LogP) is 3.56. The van der Waals surface area contributed by atoms with E-state index in [-0.39, 0.29) is 17.5 Å². The van der Waals surface area contributed by atoms with Gasteiger partial charge in [-0.2, -0.15) is 0 Å². The average molecular weight is 285 g/mol. The number of nitrogens with one attached hydrogen (secondary N) is 3. The lowest BCUT2D eigenvalue weighted by Gasteiger charge is -2.18. The first kappa shape index (κ1) is 13.4. The first-order valence-electron chi connectivity index (χ1n) is 6.90. The third-order valence-corrected chi connectivity index (χ3v) is 3.54. The summed E-state index contributed by atoms with van der Waals surface area (Å²) in [5, 5.41) is 3.41. The van der Waals surface area contributed by atoms with Crippen LogP contribution < -0.4 is 11.0 Å². The largest absolute Gasteiger partial charge is 0.378 e. The van der Waals surface area contributed by atoms with Crippen LogP contribution in [-0.4, -0.2) is 9.97 Å². The van der Waals surface area contributed by atoms with Crippen molar-refractivity contribution in [1.29, 1.82) is 0 Å². The van der Waals surface area contributed by atoms with Crippen LogP contribution >= 0.6 is 0 Å². The Balaban J connectivity index is 1.87. The summed E-state index contributed by atoms with van der Waals surface area (Å²) in [6.45, 7) is 2.07. The van der Waals surface area contributed by atoms with Gasteiger partial charge in [0, 0.05) is 5.69 Å². The minimum atomic E-state index is -0.236. The number of hydrogen-bond donors (Lipinski definition) is 3. The highest BCUT2D eigenvalue weighted by Gasteiger charge is 2.10. The number of aromatic amines is 2. The van der Waals surface area contributed by atoms with Gasteiger partial charge in [0.05, 0.1) is 17.1 Å². The molecule has 0 aliphatic heterocycles. The molecule has 4 nitrogen and oxygen atoms in total. The van der Waals surface area contributed by atoms with Gasteiger partial charge in [-0.05, 0) is 42.3 Å². The van der Waals surface area contributed by atoms with Crippen LogP contribution in [0.3, 0.4) is 0 Å². The molecule has 0 bridgehead atoms. The first-order chi connectivity index (χ1) is 10.2. The molecule has 0 amide bonds. The Hall–Kier alpha value is -2.56. The normalized spacial score (nSPS) is 12.5. The van der Waals surface area contributed by atoms with Gasteiger partial charge in [0.25, 0.3) is 0 Å². The molecule has 3 N–H and O–H groups in total. The van der Waals surface area contributed by atoms with Crippen LogP contribution in [0.15, 0.2) is 47.3 Å². The van der Waals surface area contributed by atoms with E-state index in [1.807, 2.05) is 18.2 Å². The van der Waals surface area contributed by atoms with Gasteiger partial charge in [0.15, 0.2) is 0 Å². The van der Waals surface area contributed by atoms with E-state index in [4.69, 9.17) is 0 Å². The second kappa shape index (κ2) is 5.44. The van der Waals surface area contributed by atoms with Crippen LogP contribution in [0.1, 0.15) is 24.9 Å². The molecule has 0 aliphatic rings. The number of rotatable bonds is 4. The number of imidazole rings is 1. The van der Waals surface area contributed by atoms with Crippen molar-refractivity contribution in [3.63, 3.8) is 0 Å². The molecular weight excluding hydrogens is 269 g/mol. The van der Waals surface area contributed by atoms with Crippen molar-refractivity contribution in [3.8, 4) is 0 Å². The van der Waals surface area contributed by atoms with E-state index < -0.39 is 0 Å². The molecule has 3 rings (SSSR count). The minimum absolute atomic E-state index is 0.0914. The van der Waals surface area contributed by atoms with Crippen LogP contribution in [0.25, 0.3) is 11.0 Å². The maximum Gasteiger partial charge on any atom is 0.323 e. The highest BCUT2D eigenvalue weighted by Crippen LogP contribution is 2.24. The Labute approximate surface area is 121 Å². The van der Waals surface area contributed by atoms with Gasteiger partial charge in [-0.25, -0.2) is 9.18 Å². The second-order valence-corrected chi connectivity index (χ2v) is 5.00. The summed E-state index contributed by atoms with van der Waals surface area (Å²) < 4.78 is 13.0. The van der Waals surface area contributed by atoms with Gasteiger partial charge in [0.2, 0.25) is 0 Å². The predicted molar refractivity (Wildman–Crippen MR) is 82.0 cm³/mol. The summed E-state index contributed by atoms with van der Waals surface area (Å²) in [5.41, 5.74) is 3.27. The second-order valence-electron chi connectivity index (χ2n) is 5.00. The molecule has 0 saturated carbocycles. The molecule has 5 heteroatoms. The number of aromatic nitrogens is 2. The molecule has 0 aliphatic carbocycles. The van der Waals surface area contributed by atoms with Gasteiger partial charge >= 0.3 is 5.69 Å². The van der Waals surface area contributed by atoms with E-state index in [1.165, 1.54) is 12.1 Å². The standard InChI is InChI=1S/C16H16FN3O/c1-2-13(10-3-5-11(17)6-4-10)18-12-7-8-14-15(9-12)20-16(21)19-14/h3-9,13,18H,2H2,1H3,(H2,19,20,21). The molecule has 1 heterocycles. The third-order valence-electron chi connectivity index (χ3n) is 3.54. The summed E-state index contributed by atoms with van der Waals surface area (Å²) >= 11 is 0. The van der Waals surface area contributed by atoms with Crippen LogP contribution in [0.2, 0.25) is 0 Å². The van der Waals surface area contributed by atoms with Crippen molar-refractivity contribution in [2.45, 2.75) is 19.4 Å². The summed E-state index contributed by atoms with van der Waals surface area (Å²) in [7, 11) is 0. The van der Waals surface area contributed by atoms with Crippen molar-refractivity contribution in [3.05, 3.63) is 64.3 Å². The zero-order chi connectivity index (χ0) is 14.8. The molecule has 0 fully saturated rings. The molecule has 108 valence electrons. The molecule has 1 atom stereocenters. The molecule has 3 aromatic rings. The summed E-state index contributed by atoms with van der Waals surface area (Å²) in [6.07, 6.45) is 0.868. The number of halogens is 1. The average Bonchev–Trinajstić information content (AvgIpc) is 2.85. The lowest BCUT2D eigenvalue weighted by atomic mass is 10.0. The van der Waals surface area contributed by atoms with E-state index in [0.29, 0.717) is 0 Å². The van der Waals surface area contributed by atoms with Crippen LogP contribution in [0.4, 0.5) is 10.1 Å². The van der Waals surface area contributed by atoms with E-state index in [1.54, 1.807) is 12.1 Å². The molecule has 21 heavy (non-hydrogen) atoms. The molecule has 1 aromatic heterocycles. The van der Waals surface area contributed by atoms with Crippen LogP contribution in [-0.2, 0) is 0 Å². The lowest BCUT2D eigenvalue weighted by Crippen LogP contribution is -2.09. The van der Waals surface area contributed by atoms with Crippen molar-refractivity contribution in [2.75, 3.05) is 5.32 Å². The Bertz CT molecular complexity index is 804. The molecule has 2 aromatic carbocycles. The number of H-pyrrole nitrogens is 2. The highest BCUT2D eigenvalue weighted by molar-refractivity contribution is 5.78. The van der Waals surface area contributed by atoms with Gasteiger partial charge in [-0.3, -0.25) is 0 Å². The van der Waals surface area contributed by atoms with Crippen molar-refractivity contribution >= 4 is 16.7 Å². The zero-order valence-corrected chi connectivity index (χ0v) is 11.6. The van der Waals surface area contributed by atoms with Gasteiger partial charge < -0.3 is 15.3 Å². The monoisotopic (exact) mass is 285 g/mol. The highest BCUT2D eigenvalue weighted by atomic mass is 19.1. The first-order valence-corrected chi connectivity index (χ1v) is 6.90. The Morgan fingerprint density at radius 3 is 2.52 bits per heavy atom. The molecular formula is C16H16FN3O. The van der Waals surface area contributed by atoms with E-state index in [2.05, 4.69) is 22.2 Å². The van der Waals surface area contributed by atoms with E-state index >= 15 is 0 Å². The smallest absolute Gasteiger partial charge is 0.323 e. The molecule has 0 radical (unpaired) electrons. The van der Waals surface area contributed by atoms with Gasteiger partial charge in [-0.15, -0.1) is 0 Å². The summed E-state index contributed by atoms with van der Waals surface area (Å²) in [6, 6.07) is 12.2. The Morgan fingerprint density at radius 1 is 1.10 bits per heavy atom. The van der Waals surface area contributed by atoms with Crippen LogP contribution in [0.5, 0.6) is 0 Å². The maximum absolute atomic E-state index is 13.0.